The molecule has 0 atom stereocenters. The second-order valence-corrected chi connectivity index (χ2v) is 3.74. The van der Waals surface area contributed by atoms with Crippen LogP contribution < -0.4 is 4.74 Å². The van der Waals surface area contributed by atoms with E-state index < -0.39 is 0 Å². The van der Waals surface area contributed by atoms with Gasteiger partial charge in [0.1, 0.15) is 5.75 Å². The smallest absolute Gasteiger partial charge is 0.125 e. The zero-order valence-corrected chi connectivity index (χ0v) is 10.1. The number of hydrogen-bond donors (Lipinski definition) is 1. The van der Waals surface area contributed by atoms with Crippen molar-refractivity contribution >= 4 is 0 Å². The highest BCUT2D eigenvalue weighted by Gasteiger charge is 2.05. The van der Waals surface area contributed by atoms with Crippen LogP contribution in [0.1, 0.15) is 30.0 Å². The number of hydrogen-bond acceptors (Lipinski definition) is 2. The third-order valence-corrected chi connectivity index (χ3v) is 2.35. The molecule has 0 radical (unpaired) electrons. The maximum Gasteiger partial charge on any atom is 0.125 e. The van der Waals surface area contributed by atoms with Crippen LogP contribution in [0.25, 0.3) is 0 Å². The van der Waals surface area contributed by atoms with Gasteiger partial charge in [-0.15, -0.1) is 11.8 Å². The maximum atomic E-state index is 9.06. The first-order valence-corrected chi connectivity index (χ1v) is 5.42. The Morgan fingerprint density at radius 3 is 2.38 bits per heavy atom. The van der Waals surface area contributed by atoms with E-state index in [1.54, 1.807) is 0 Å². The Balaban J connectivity index is 2.75. The number of benzene rings is 1. The van der Waals surface area contributed by atoms with Gasteiger partial charge < -0.3 is 9.84 Å². The third kappa shape index (κ3) is 3.29. The van der Waals surface area contributed by atoms with Crippen molar-refractivity contribution in [3.8, 4) is 17.6 Å². The van der Waals surface area contributed by atoms with Crippen LogP contribution in [0, 0.1) is 25.7 Å². The Morgan fingerprint density at radius 2 is 1.88 bits per heavy atom. The van der Waals surface area contributed by atoms with Crippen molar-refractivity contribution in [1.29, 1.82) is 0 Å². The quantitative estimate of drug-likeness (QED) is 0.621. The standard InChI is InChI=1S/C14H18O2/c1-4-5-6-7-16-14-11(2)8-13(10-15)9-12(14)3/h8-9,15H,6-7,10H2,1-3H3. The van der Waals surface area contributed by atoms with Crippen LogP contribution in [0.15, 0.2) is 12.1 Å². The van der Waals surface area contributed by atoms with Crippen molar-refractivity contribution in [2.45, 2.75) is 33.8 Å². The van der Waals surface area contributed by atoms with Crippen LogP contribution in [0.3, 0.4) is 0 Å². The maximum absolute atomic E-state index is 9.06. The van der Waals surface area contributed by atoms with Gasteiger partial charge in [0.15, 0.2) is 0 Å². The minimum Gasteiger partial charge on any atom is -0.492 e. The van der Waals surface area contributed by atoms with Crippen molar-refractivity contribution in [2.24, 2.45) is 0 Å². The molecule has 2 heteroatoms. The van der Waals surface area contributed by atoms with Gasteiger partial charge >= 0.3 is 0 Å². The first kappa shape index (κ1) is 12.6. The molecule has 1 aromatic rings. The number of rotatable bonds is 4. The Hall–Kier alpha value is -1.46. The van der Waals surface area contributed by atoms with E-state index in [0.29, 0.717) is 6.61 Å². The van der Waals surface area contributed by atoms with Gasteiger partial charge in [-0.3, -0.25) is 0 Å². The Bertz CT molecular complexity index is 387. The van der Waals surface area contributed by atoms with Gasteiger partial charge in [0, 0.05) is 6.42 Å². The predicted octanol–water partition coefficient (Wildman–Crippen LogP) is 2.59. The molecule has 0 aliphatic heterocycles. The van der Waals surface area contributed by atoms with Crippen LogP contribution in [0.2, 0.25) is 0 Å². The van der Waals surface area contributed by atoms with E-state index in [0.717, 1.165) is 28.9 Å². The van der Waals surface area contributed by atoms with Gasteiger partial charge in [0.05, 0.1) is 13.2 Å². The monoisotopic (exact) mass is 218 g/mol. The zero-order valence-electron chi connectivity index (χ0n) is 10.1. The molecule has 0 aliphatic carbocycles. The summed E-state index contributed by atoms with van der Waals surface area (Å²) in [7, 11) is 0. The fourth-order valence-corrected chi connectivity index (χ4v) is 1.69. The van der Waals surface area contributed by atoms with Crippen LogP contribution in [-0.4, -0.2) is 11.7 Å². The molecule has 0 heterocycles. The molecule has 2 nitrogen and oxygen atoms in total. The lowest BCUT2D eigenvalue weighted by Gasteiger charge is -2.12. The predicted molar refractivity (Wildman–Crippen MR) is 65.4 cm³/mol. The summed E-state index contributed by atoms with van der Waals surface area (Å²) in [6, 6.07) is 3.90. The largest absolute Gasteiger partial charge is 0.492 e. The minimum absolute atomic E-state index is 0.0727. The van der Waals surface area contributed by atoms with Crippen LogP contribution in [0.4, 0.5) is 0 Å². The van der Waals surface area contributed by atoms with Crippen LogP contribution in [-0.2, 0) is 6.61 Å². The molecule has 16 heavy (non-hydrogen) atoms. The minimum atomic E-state index is 0.0727. The van der Waals surface area contributed by atoms with E-state index in [4.69, 9.17) is 9.84 Å². The van der Waals surface area contributed by atoms with Gasteiger partial charge in [0.25, 0.3) is 0 Å². The van der Waals surface area contributed by atoms with E-state index in [2.05, 4.69) is 11.8 Å². The van der Waals surface area contributed by atoms with E-state index in [-0.39, 0.29) is 6.61 Å². The second kappa shape index (κ2) is 6.19. The highest BCUT2D eigenvalue weighted by molar-refractivity contribution is 5.43. The number of aryl methyl sites for hydroxylation is 2. The van der Waals surface area contributed by atoms with Crippen LogP contribution in [0.5, 0.6) is 5.75 Å². The fraction of sp³-hybridized carbons (Fsp3) is 0.429. The van der Waals surface area contributed by atoms with Crippen LogP contribution >= 0.6 is 0 Å². The third-order valence-electron chi connectivity index (χ3n) is 2.35. The molecule has 0 bridgehead atoms. The van der Waals surface area contributed by atoms with Gasteiger partial charge in [-0.25, -0.2) is 0 Å². The molecule has 0 unspecified atom stereocenters. The normalized spacial score (nSPS) is 9.50. The number of ether oxygens (including phenoxy) is 1. The van der Waals surface area contributed by atoms with Gasteiger partial charge in [-0.1, -0.05) is 12.1 Å². The molecule has 0 saturated heterocycles. The molecule has 0 saturated carbocycles. The van der Waals surface area contributed by atoms with Crippen molar-refractivity contribution in [3.63, 3.8) is 0 Å². The highest BCUT2D eigenvalue weighted by atomic mass is 16.5. The van der Waals surface area contributed by atoms with E-state index >= 15 is 0 Å². The first-order valence-electron chi connectivity index (χ1n) is 5.42. The lowest BCUT2D eigenvalue weighted by molar-refractivity contribution is 0.281. The molecule has 0 spiro atoms. The van der Waals surface area contributed by atoms with E-state index in [1.807, 2.05) is 32.9 Å². The molecule has 1 rings (SSSR count). The SMILES string of the molecule is CC#CCCOc1c(C)cc(CO)cc1C. The van der Waals surface area contributed by atoms with Crippen molar-refractivity contribution in [1.82, 2.24) is 0 Å². The number of aliphatic hydroxyl groups is 1. The van der Waals surface area contributed by atoms with Crippen molar-refractivity contribution in [3.05, 3.63) is 28.8 Å². The van der Waals surface area contributed by atoms with E-state index in [1.165, 1.54) is 0 Å². The second-order valence-electron chi connectivity index (χ2n) is 3.74. The topological polar surface area (TPSA) is 29.5 Å². The van der Waals surface area contributed by atoms with E-state index in [9.17, 15) is 0 Å². The van der Waals surface area contributed by atoms with Crippen molar-refractivity contribution < 1.29 is 9.84 Å². The summed E-state index contributed by atoms with van der Waals surface area (Å²) in [6.07, 6.45) is 0.747. The molecule has 1 aromatic carbocycles. The number of aliphatic hydroxyl groups excluding tert-OH is 1. The summed E-state index contributed by atoms with van der Waals surface area (Å²) >= 11 is 0. The molecular weight excluding hydrogens is 200 g/mol. The Morgan fingerprint density at radius 1 is 1.25 bits per heavy atom. The summed E-state index contributed by atoms with van der Waals surface area (Å²) < 4.78 is 5.68. The molecule has 0 fully saturated rings. The average molecular weight is 218 g/mol. The highest BCUT2D eigenvalue weighted by Crippen LogP contribution is 2.24. The molecule has 0 aromatic heterocycles. The zero-order chi connectivity index (χ0) is 12.0. The van der Waals surface area contributed by atoms with Crippen molar-refractivity contribution in [2.75, 3.05) is 6.61 Å². The average Bonchev–Trinajstić information content (AvgIpc) is 2.26. The molecular formula is C14H18O2. The summed E-state index contributed by atoms with van der Waals surface area (Å²) in [5.74, 6) is 6.72. The Kier molecular flexibility index (Phi) is 4.88. The molecule has 1 N–H and O–H groups in total. The molecule has 0 amide bonds. The van der Waals surface area contributed by atoms with Gasteiger partial charge in [0.2, 0.25) is 0 Å². The lowest BCUT2D eigenvalue weighted by atomic mass is 10.1. The fourth-order valence-electron chi connectivity index (χ4n) is 1.69. The summed E-state index contributed by atoms with van der Waals surface area (Å²) in [5.41, 5.74) is 3.05. The summed E-state index contributed by atoms with van der Waals surface area (Å²) in [4.78, 5) is 0. The Labute approximate surface area is 97.3 Å². The molecule has 0 aliphatic rings. The van der Waals surface area contributed by atoms with Gasteiger partial charge in [-0.2, -0.15) is 0 Å². The lowest BCUT2D eigenvalue weighted by Crippen LogP contribution is -2.01. The first-order chi connectivity index (χ1) is 7.69. The summed E-state index contributed by atoms with van der Waals surface area (Å²) in [6.45, 7) is 6.50. The van der Waals surface area contributed by atoms with Gasteiger partial charge in [-0.05, 0) is 37.5 Å². The molecule has 86 valence electrons. The summed E-state index contributed by atoms with van der Waals surface area (Å²) in [5, 5.41) is 9.06.